The maximum absolute atomic E-state index is 13.8. The molecule has 1 aromatic heterocycles. The summed E-state index contributed by atoms with van der Waals surface area (Å²) in [6.07, 6.45) is 0. The van der Waals surface area contributed by atoms with E-state index in [0.717, 1.165) is 5.69 Å². The quantitative estimate of drug-likeness (QED) is 0.918. The van der Waals surface area contributed by atoms with E-state index in [2.05, 4.69) is 9.97 Å². The van der Waals surface area contributed by atoms with E-state index in [4.69, 9.17) is 10.5 Å². The first kappa shape index (κ1) is 13.4. The van der Waals surface area contributed by atoms with Crippen LogP contribution in [0.15, 0.2) is 24.3 Å². The molecule has 0 spiro atoms. The van der Waals surface area contributed by atoms with Gasteiger partial charge in [-0.1, -0.05) is 0 Å². The van der Waals surface area contributed by atoms with Gasteiger partial charge in [-0.05, 0) is 38.1 Å². The molecule has 0 bridgehead atoms. The molecular formula is C14H16FN3O. The molecule has 0 aliphatic rings. The smallest absolute Gasteiger partial charge is 0.165 e. The van der Waals surface area contributed by atoms with Gasteiger partial charge in [0.25, 0.3) is 0 Å². The summed E-state index contributed by atoms with van der Waals surface area (Å²) >= 11 is 0. The molecule has 0 saturated carbocycles. The molecule has 0 unspecified atom stereocenters. The average Bonchev–Trinajstić information content (AvgIpc) is 2.40. The van der Waals surface area contributed by atoms with Crippen LogP contribution in [0, 0.1) is 12.7 Å². The lowest BCUT2D eigenvalue weighted by Gasteiger charge is -2.08. The molecule has 1 heterocycles. The molecule has 0 radical (unpaired) electrons. The first-order valence-corrected chi connectivity index (χ1v) is 6.11. The summed E-state index contributed by atoms with van der Waals surface area (Å²) in [5, 5.41) is 0. The SMILES string of the molecule is CCOc1ccc(-c2cc(C)nc(CN)n2)cc1F. The summed E-state index contributed by atoms with van der Waals surface area (Å²) in [4.78, 5) is 8.49. The number of halogens is 1. The Morgan fingerprint density at radius 2 is 2.05 bits per heavy atom. The number of ether oxygens (including phenoxy) is 1. The van der Waals surface area contributed by atoms with Crippen molar-refractivity contribution in [3.63, 3.8) is 0 Å². The highest BCUT2D eigenvalue weighted by Crippen LogP contribution is 2.24. The maximum Gasteiger partial charge on any atom is 0.165 e. The van der Waals surface area contributed by atoms with Gasteiger partial charge in [0.05, 0.1) is 18.8 Å². The summed E-state index contributed by atoms with van der Waals surface area (Å²) in [5.41, 5.74) is 7.69. The fourth-order valence-electron chi connectivity index (χ4n) is 1.80. The first-order chi connectivity index (χ1) is 9.13. The van der Waals surface area contributed by atoms with E-state index in [1.807, 2.05) is 13.8 Å². The zero-order valence-corrected chi connectivity index (χ0v) is 11.0. The molecule has 100 valence electrons. The first-order valence-electron chi connectivity index (χ1n) is 6.11. The zero-order chi connectivity index (χ0) is 13.8. The van der Waals surface area contributed by atoms with E-state index in [-0.39, 0.29) is 12.3 Å². The Kier molecular flexibility index (Phi) is 4.06. The Morgan fingerprint density at radius 1 is 1.26 bits per heavy atom. The molecule has 0 fully saturated rings. The molecule has 2 aromatic rings. The number of benzene rings is 1. The molecular weight excluding hydrogens is 245 g/mol. The zero-order valence-electron chi connectivity index (χ0n) is 11.0. The molecule has 19 heavy (non-hydrogen) atoms. The normalized spacial score (nSPS) is 10.5. The van der Waals surface area contributed by atoms with Gasteiger partial charge < -0.3 is 10.5 Å². The molecule has 1 aromatic carbocycles. The lowest BCUT2D eigenvalue weighted by atomic mass is 10.1. The number of hydrogen-bond donors (Lipinski definition) is 1. The molecule has 0 amide bonds. The standard InChI is InChI=1S/C14H16FN3O/c1-3-19-13-5-4-10(7-11(13)15)12-6-9(2)17-14(8-16)18-12/h4-7H,3,8,16H2,1-2H3. The second-order valence-corrected chi connectivity index (χ2v) is 4.09. The van der Waals surface area contributed by atoms with Crippen LogP contribution in [0.3, 0.4) is 0 Å². The average molecular weight is 261 g/mol. The Morgan fingerprint density at radius 3 is 2.68 bits per heavy atom. The number of nitrogens with zero attached hydrogens (tertiary/aromatic N) is 2. The second-order valence-electron chi connectivity index (χ2n) is 4.09. The van der Waals surface area contributed by atoms with Crippen LogP contribution < -0.4 is 10.5 Å². The molecule has 0 aliphatic heterocycles. The lowest BCUT2D eigenvalue weighted by molar-refractivity contribution is 0.321. The highest BCUT2D eigenvalue weighted by molar-refractivity contribution is 5.60. The third kappa shape index (κ3) is 3.06. The van der Waals surface area contributed by atoms with Gasteiger partial charge in [-0.2, -0.15) is 0 Å². The maximum atomic E-state index is 13.8. The molecule has 0 saturated heterocycles. The van der Waals surface area contributed by atoms with Crippen LogP contribution >= 0.6 is 0 Å². The number of rotatable bonds is 4. The van der Waals surface area contributed by atoms with Crippen molar-refractivity contribution < 1.29 is 9.13 Å². The van der Waals surface area contributed by atoms with Crippen LogP contribution in [0.1, 0.15) is 18.4 Å². The van der Waals surface area contributed by atoms with E-state index in [1.54, 1.807) is 18.2 Å². The van der Waals surface area contributed by atoms with Crippen molar-refractivity contribution in [2.45, 2.75) is 20.4 Å². The third-order valence-electron chi connectivity index (χ3n) is 2.61. The van der Waals surface area contributed by atoms with E-state index in [0.29, 0.717) is 23.7 Å². The minimum Gasteiger partial charge on any atom is -0.491 e. The molecule has 5 heteroatoms. The largest absolute Gasteiger partial charge is 0.491 e. The van der Waals surface area contributed by atoms with Gasteiger partial charge in [-0.3, -0.25) is 0 Å². The summed E-state index contributed by atoms with van der Waals surface area (Å²) in [6, 6.07) is 6.59. The van der Waals surface area contributed by atoms with Crippen LogP contribution in [0.4, 0.5) is 4.39 Å². The Balaban J connectivity index is 2.41. The van der Waals surface area contributed by atoms with Crippen molar-refractivity contribution in [3.8, 4) is 17.0 Å². The van der Waals surface area contributed by atoms with Crippen molar-refractivity contribution in [1.82, 2.24) is 9.97 Å². The number of aryl methyl sites for hydroxylation is 1. The second kappa shape index (κ2) is 5.75. The number of nitrogens with two attached hydrogens (primary N) is 1. The minimum absolute atomic E-state index is 0.246. The van der Waals surface area contributed by atoms with Crippen molar-refractivity contribution >= 4 is 0 Å². The van der Waals surface area contributed by atoms with E-state index < -0.39 is 5.82 Å². The van der Waals surface area contributed by atoms with E-state index >= 15 is 0 Å². The monoisotopic (exact) mass is 261 g/mol. The molecule has 4 nitrogen and oxygen atoms in total. The van der Waals surface area contributed by atoms with Crippen LogP contribution in [0.5, 0.6) is 5.75 Å². The molecule has 2 rings (SSSR count). The topological polar surface area (TPSA) is 61.0 Å². The van der Waals surface area contributed by atoms with Gasteiger partial charge in [-0.25, -0.2) is 14.4 Å². The van der Waals surface area contributed by atoms with Crippen LogP contribution in [0.2, 0.25) is 0 Å². The van der Waals surface area contributed by atoms with Crippen LogP contribution in [0.25, 0.3) is 11.3 Å². The third-order valence-corrected chi connectivity index (χ3v) is 2.61. The number of aromatic nitrogens is 2. The van der Waals surface area contributed by atoms with Crippen molar-refractivity contribution in [2.24, 2.45) is 5.73 Å². The predicted octanol–water partition coefficient (Wildman–Crippen LogP) is 2.45. The van der Waals surface area contributed by atoms with E-state index in [9.17, 15) is 4.39 Å². The highest BCUT2D eigenvalue weighted by Gasteiger charge is 2.08. The summed E-state index contributed by atoms with van der Waals surface area (Å²) in [5.74, 6) is 0.394. The number of hydrogen-bond acceptors (Lipinski definition) is 4. The Hall–Kier alpha value is -2.01. The summed E-state index contributed by atoms with van der Waals surface area (Å²) < 4.78 is 19.0. The van der Waals surface area contributed by atoms with Gasteiger partial charge >= 0.3 is 0 Å². The van der Waals surface area contributed by atoms with Gasteiger partial charge in [0.1, 0.15) is 5.82 Å². The van der Waals surface area contributed by atoms with Gasteiger partial charge in [-0.15, -0.1) is 0 Å². The summed E-state index contributed by atoms with van der Waals surface area (Å²) in [7, 11) is 0. The fraction of sp³-hybridized carbons (Fsp3) is 0.286. The van der Waals surface area contributed by atoms with Gasteiger partial charge in [0.15, 0.2) is 11.6 Å². The van der Waals surface area contributed by atoms with E-state index in [1.165, 1.54) is 6.07 Å². The summed E-state index contributed by atoms with van der Waals surface area (Å²) in [6.45, 7) is 4.36. The fourth-order valence-corrected chi connectivity index (χ4v) is 1.80. The molecule has 0 atom stereocenters. The molecule has 0 aliphatic carbocycles. The van der Waals surface area contributed by atoms with Crippen molar-refractivity contribution in [3.05, 3.63) is 41.6 Å². The Bertz CT molecular complexity index is 587. The predicted molar refractivity (Wildman–Crippen MR) is 71.2 cm³/mol. The molecule has 2 N–H and O–H groups in total. The minimum atomic E-state index is -0.398. The lowest BCUT2D eigenvalue weighted by Crippen LogP contribution is -2.05. The van der Waals surface area contributed by atoms with Crippen LogP contribution in [-0.2, 0) is 6.54 Å². The van der Waals surface area contributed by atoms with Crippen LogP contribution in [-0.4, -0.2) is 16.6 Å². The van der Waals surface area contributed by atoms with Gasteiger partial charge in [0, 0.05) is 11.3 Å². The van der Waals surface area contributed by atoms with Crippen molar-refractivity contribution in [2.75, 3.05) is 6.61 Å². The van der Waals surface area contributed by atoms with Crippen molar-refractivity contribution in [1.29, 1.82) is 0 Å². The van der Waals surface area contributed by atoms with Gasteiger partial charge in [0.2, 0.25) is 0 Å². The highest BCUT2D eigenvalue weighted by atomic mass is 19.1. The Labute approximate surface area is 111 Å².